The Morgan fingerprint density at radius 2 is 1.07 bits per heavy atom. The first-order valence-corrected chi connectivity index (χ1v) is 44.8. The largest absolute Gasteiger partial charge is 0.462 e. The van der Waals surface area contributed by atoms with E-state index in [0.29, 0.717) is 137 Å². The van der Waals surface area contributed by atoms with Crippen molar-refractivity contribution in [3.05, 3.63) is 198 Å². The number of carbonyl (C=O) groups excluding carboxylic acids is 3. The highest BCUT2D eigenvalue weighted by molar-refractivity contribution is 5.96. The molecule has 0 saturated carbocycles. The molecule has 0 spiro atoms. The average molecular weight is 1720 g/mol. The van der Waals surface area contributed by atoms with Crippen LogP contribution in [0.4, 0.5) is 28.8 Å². The summed E-state index contributed by atoms with van der Waals surface area (Å²) in [5.74, 6) is 1.77. The molecule has 1 aliphatic carbocycles. The van der Waals surface area contributed by atoms with E-state index in [0.717, 1.165) is 136 Å². The van der Waals surface area contributed by atoms with Crippen molar-refractivity contribution in [1.82, 2.24) is 64.2 Å². The van der Waals surface area contributed by atoms with Gasteiger partial charge >= 0.3 is 18.0 Å². The van der Waals surface area contributed by atoms with E-state index >= 15 is 0 Å². The number of likely N-dealkylation sites (N-methyl/N-ethyl adjacent to an activating group) is 3. The molecule has 9 aliphatic rings. The molecule has 5 fully saturated rings. The van der Waals surface area contributed by atoms with E-state index in [-0.39, 0.29) is 98.6 Å². The van der Waals surface area contributed by atoms with E-state index < -0.39 is 11.1 Å². The van der Waals surface area contributed by atoms with Gasteiger partial charge in [0.1, 0.15) is 43.4 Å². The Balaban J connectivity index is 0.583. The van der Waals surface area contributed by atoms with Crippen LogP contribution in [0.5, 0.6) is 18.0 Å². The van der Waals surface area contributed by atoms with Gasteiger partial charge in [0, 0.05) is 167 Å². The zero-order chi connectivity index (χ0) is 88.2. The lowest BCUT2D eigenvalue weighted by Gasteiger charge is -2.47. The lowest BCUT2D eigenvalue weighted by molar-refractivity contribution is -0.129. The number of morpholine rings is 1. The number of likely N-dealkylation sites (tertiary alicyclic amines) is 1. The first kappa shape index (κ1) is 87.0. The van der Waals surface area contributed by atoms with Gasteiger partial charge in [-0.25, -0.2) is 0 Å². The summed E-state index contributed by atoms with van der Waals surface area (Å²) in [6.45, 7) is 30.7. The van der Waals surface area contributed by atoms with Crippen molar-refractivity contribution in [3.8, 4) is 36.2 Å². The maximum Gasteiger partial charge on any atom is 0.318 e. The number of hydrogen-bond donors (Lipinski definition) is 0. The minimum atomic E-state index is -0.557. The van der Waals surface area contributed by atoms with Crippen molar-refractivity contribution in [2.24, 2.45) is 0 Å². The number of carbonyl (C=O) groups is 3. The summed E-state index contributed by atoms with van der Waals surface area (Å²) in [6.07, 6.45) is 10.2. The van der Waals surface area contributed by atoms with Crippen molar-refractivity contribution in [2.45, 2.75) is 146 Å². The number of fused-ring (bicyclic) bond motifs is 6. The van der Waals surface area contributed by atoms with Crippen LogP contribution in [0.3, 0.4) is 0 Å². The van der Waals surface area contributed by atoms with E-state index in [4.69, 9.17) is 53.6 Å². The number of anilines is 5. The molecular weight excluding hydrogens is 1600 g/mol. The second kappa shape index (κ2) is 37.8. The second-order valence-electron chi connectivity index (χ2n) is 36.1. The number of nitrogens with zero attached hydrogens (tertiary/aromatic N) is 21. The number of aromatic nitrogens is 6. The number of benzene rings is 5. The summed E-state index contributed by atoms with van der Waals surface area (Å²) in [4.78, 5) is 97.0. The highest BCUT2D eigenvalue weighted by atomic mass is 16.5. The lowest BCUT2D eigenvalue weighted by atomic mass is 9.76. The number of rotatable bonds is 27. The van der Waals surface area contributed by atoms with Gasteiger partial charge in [-0.3, -0.25) is 29.1 Å². The van der Waals surface area contributed by atoms with Gasteiger partial charge in [0.25, 0.3) is 0 Å². The van der Waals surface area contributed by atoms with Crippen molar-refractivity contribution >= 4 is 73.7 Å². The predicted molar refractivity (Wildman–Crippen MR) is 488 cm³/mol. The van der Waals surface area contributed by atoms with Gasteiger partial charge in [-0.2, -0.15) is 45.7 Å². The molecular formula is C98H115N21O8. The van der Waals surface area contributed by atoms with Crippen molar-refractivity contribution < 1.29 is 38.1 Å². The van der Waals surface area contributed by atoms with E-state index in [2.05, 4.69) is 233 Å². The second-order valence-corrected chi connectivity index (χ2v) is 36.1. The van der Waals surface area contributed by atoms with Crippen LogP contribution in [0.15, 0.2) is 147 Å². The third-order valence-electron chi connectivity index (χ3n) is 27.7. The molecule has 3 aromatic heterocycles. The van der Waals surface area contributed by atoms with Crippen molar-refractivity contribution in [1.29, 1.82) is 15.8 Å². The summed E-state index contributed by atoms with van der Waals surface area (Å²) in [6, 6.07) is 43.6. The molecule has 11 heterocycles. The summed E-state index contributed by atoms with van der Waals surface area (Å²) in [5, 5.41) is 34.7. The Bertz CT molecular complexity index is 5660. The number of amides is 3. The van der Waals surface area contributed by atoms with Crippen LogP contribution in [0.1, 0.15) is 103 Å². The standard InChI is InChI=1S/C98H115N21O8/c1-10-88(120)117-45-42-113(54-70(117)29-36-99)91-79-32-39-111(86-27-19-22-67-20-13-15-24-77(67)86)59-83(79)102-94(105-91)125-63-73-52-74(58-109(73)8)124-62-69-28-35-98(6,82-26-18-17-23-76(69)82)116-41-34-81-85(61-116)104-96(107-93(81)115-44-47-119(90(122)12-3)72(56-115)31-38-101)127-65-97(4,5)110(9)53-66-50-68-21-14-16-25-78(68)87(51-66)112-40-33-80-84(60-112)103-95(126-64-75-57-108(7)48-49-123-75)106-92(80)114-43-46-118(89(121)11-2)71(55-114)30-37-100/h10-28,50-51,70-75H,1-3,29-35,39-49,52-65H2,4-9H3/t70?,71?,72?,73-,74+,75+,98?/m0/s1. The summed E-state index contributed by atoms with van der Waals surface area (Å²) >= 11 is 0. The smallest absolute Gasteiger partial charge is 0.318 e. The van der Waals surface area contributed by atoms with Crippen LogP contribution in [-0.2, 0) is 74.8 Å². The first-order chi connectivity index (χ1) is 61.7. The molecule has 0 bridgehead atoms. The van der Waals surface area contributed by atoms with E-state index in [9.17, 15) is 30.2 Å². The van der Waals surface area contributed by atoms with Crippen LogP contribution in [0.25, 0.3) is 27.1 Å². The first-order valence-electron chi connectivity index (χ1n) is 44.8. The third kappa shape index (κ3) is 18.3. The van der Waals surface area contributed by atoms with Gasteiger partial charge in [-0.05, 0) is 143 Å². The van der Waals surface area contributed by atoms with E-state index in [1.54, 1.807) is 14.7 Å². The van der Waals surface area contributed by atoms with Crippen molar-refractivity contribution in [3.63, 3.8) is 0 Å². The maximum atomic E-state index is 13.3. The molecule has 3 amide bonds. The zero-order valence-electron chi connectivity index (χ0n) is 74.0. The Hall–Kier alpha value is -12.1. The van der Waals surface area contributed by atoms with Gasteiger partial charge in [-0.15, -0.1) is 0 Å². The van der Waals surface area contributed by atoms with Crippen molar-refractivity contribution in [2.75, 3.05) is 177 Å². The summed E-state index contributed by atoms with van der Waals surface area (Å²) < 4.78 is 33.3. The summed E-state index contributed by atoms with van der Waals surface area (Å²) in [5.41, 5.74) is 11.7. The Kier molecular flexibility index (Phi) is 25.9. The van der Waals surface area contributed by atoms with Crippen LogP contribution >= 0.6 is 0 Å². The minimum Gasteiger partial charge on any atom is -0.462 e. The fourth-order valence-electron chi connectivity index (χ4n) is 20.3. The fraction of sp³-hybridized carbons (Fsp3) is 0.469. The normalized spacial score (nSPS) is 22.3. The quantitative estimate of drug-likeness (QED) is 0.0432. The van der Waals surface area contributed by atoms with Gasteiger partial charge in [-0.1, -0.05) is 111 Å². The Morgan fingerprint density at radius 3 is 1.65 bits per heavy atom. The van der Waals surface area contributed by atoms with Gasteiger partial charge in [0.15, 0.2) is 0 Å². The molecule has 660 valence electrons. The Morgan fingerprint density at radius 1 is 0.559 bits per heavy atom. The molecule has 8 aliphatic heterocycles. The average Bonchev–Trinajstić information content (AvgIpc) is 0.833. The fourth-order valence-corrected chi connectivity index (χ4v) is 20.3. The topological polar surface area (TPSA) is 285 Å². The third-order valence-corrected chi connectivity index (χ3v) is 27.7. The number of hydrogen-bond acceptors (Lipinski definition) is 26. The van der Waals surface area contributed by atoms with E-state index in [1.807, 2.05) is 0 Å². The molecule has 17 rings (SSSR count). The molecule has 29 nitrogen and oxygen atoms in total. The molecule has 5 aromatic carbocycles. The highest BCUT2D eigenvalue weighted by Gasteiger charge is 2.44. The van der Waals surface area contributed by atoms with Gasteiger partial charge < -0.3 is 67.8 Å². The molecule has 0 radical (unpaired) electrons. The molecule has 4 unspecified atom stereocenters. The van der Waals surface area contributed by atoms with Gasteiger partial charge in [0.2, 0.25) is 17.7 Å². The molecule has 7 atom stereocenters. The lowest BCUT2D eigenvalue weighted by Crippen LogP contribution is -2.55. The van der Waals surface area contributed by atoms with Crippen LogP contribution in [-0.4, -0.2) is 276 Å². The predicted octanol–water partition coefficient (Wildman–Crippen LogP) is 10.1. The monoisotopic (exact) mass is 1710 g/mol. The Labute approximate surface area is 744 Å². The van der Waals surface area contributed by atoms with E-state index in [1.165, 1.54) is 34.6 Å². The SMILES string of the molecule is C=CC(=O)N1CCN(c2nc(OC[C@H]3CN(C)CCO3)nc3c2CCN(c2cc(CN(C)C(C)(C)COc4nc5c(c(N6CCN(C(=O)C=C)C(CC#N)C6)n4)CCN(C4(C)CC=C(CO[C@@H]6C[C@@H](COc7nc8c(c(N9CCN(C(=O)C=C)C(CC#N)C9)n7)CCN(c7cccc9ccccc79)C8)N(C)C6)c6ccccc64)C5)cc4ccccc24)C3)CC1CC#N. The molecule has 29 heteroatoms. The zero-order valence-corrected chi connectivity index (χ0v) is 74.0. The maximum absolute atomic E-state index is 13.3. The van der Waals surface area contributed by atoms with Gasteiger partial charge in [0.05, 0.1) is 105 Å². The molecule has 5 saturated heterocycles. The highest BCUT2D eigenvalue weighted by Crippen LogP contribution is 2.46. The number of ether oxygens (including phenoxy) is 5. The molecule has 8 aromatic rings. The van der Waals surface area contributed by atoms with Crippen LogP contribution in [0.2, 0.25) is 0 Å². The van der Waals surface area contributed by atoms with Crippen LogP contribution < -0.4 is 38.7 Å². The number of nitriles is 3. The summed E-state index contributed by atoms with van der Waals surface area (Å²) in [7, 11) is 6.33. The molecule has 127 heavy (non-hydrogen) atoms. The number of piperazine rings is 3. The van der Waals surface area contributed by atoms with Crippen LogP contribution in [0, 0.1) is 34.0 Å². The minimum absolute atomic E-state index is 0.0214. The molecule has 0 N–H and O–H groups in total.